The second-order valence-electron chi connectivity index (χ2n) is 4.44. The van der Waals surface area contributed by atoms with Crippen molar-refractivity contribution in [2.45, 2.75) is 12.8 Å². The predicted molar refractivity (Wildman–Crippen MR) is 67.8 cm³/mol. The zero-order chi connectivity index (χ0) is 12.4. The molecule has 0 atom stereocenters. The summed E-state index contributed by atoms with van der Waals surface area (Å²) in [5.74, 6) is -0.0928. The second-order valence-corrected chi connectivity index (χ2v) is 4.85. The van der Waals surface area contributed by atoms with Gasteiger partial charge < -0.3 is 15.7 Å². The Kier molecular flexibility index (Phi) is 3.74. The first-order valence-corrected chi connectivity index (χ1v) is 6.10. The highest BCUT2D eigenvalue weighted by atomic mass is 35.5. The van der Waals surface area contributed by atoms with Crippen molar-refractivity contribution in [2.24, 2.45) is 5.92 Å². The number of nitrogens with zero attached hydrogens (tertiary/aromatic N) is 1. The smallest absolute Gasteiger partial charge is 0.144 e. The molecule has 1 aromatic carbocycles. The molecule has 1 aliphatic rings. The summed E-state index contributed by atoms with van der Waals surface area (Å²) < 4.78 is 13.4. The molecular weight excluding hydrogens is 243 g/mol. The fraction of sp³-hybridized carbons (Fsp3) is 0.500. The number of piperidine rings is 1. The van der Waals surface area contributed by atoms with Crippen molar-refractivity contribution in [1.82, 2.24) is 0 Å². The highest BCUT2D eigenvalue weighted by Crippen LogP contribution is 2.31. The summed E-state index contributed by atoms with van der Waals surface area (Å²) in [6.07, 6.45) is 1.81. The molecule has 1 fully saturated rings. The Balaban J connectivity index is 2.16. The Morgan fingerprint density at radius 1 is 1.41 bits per heavy atom. The van der Waals surface area contributed by atoms with Crippen LogP contribution in [-0.2, 0) is 0 Å². The van der Waals surface area contributed by atoms with E-state index in [2.05, 4.69) is 0 Å². The molecule has 2 rings (SSSR count). The van der Waals surface area contributed by atoms with Gasteiger partial charge in [-0.1, -0.05) is 11.6 Å². The van der Waals surface area contributed by atoms with Crippen LogP contribution < -0.4 is 10.6 Å². The fourth-order valence-electron chi connectivity index (χ4n) is 2.18. The van der Waals surface area contributed by atoms with Crippen LogP contribution in [0.15, 0.2) is 12.1 Å². The van der Waals surface area contributed by atoms with Crippen molar-refractivity contribution in [3.05, 3.63) is 23.0 Å². The van der Waals surface area contributed by atoms with Gasteiger partial charge in [-0.3, -0.25) is 0 Å². The van der Waals surface area contributed by atoms with Gasteiger partial charge in [0.2, 0.25) is 0 Å². The van der Waals surface area contributed by atoms with Crippen molar-refractivity contribution in [1.29, 1.82) is 0 Å². The lowest BCUT2D eigenvalue weighted by molar-refractivity contribution is 0.203. The maximum atomic E-state index is 13.4. The number of hydrogen-bond donors (Lipinski definition) is 2. The van der Waals surface area contributed by atoms with Crippen molar-refractivity contribution < 1.29 is 9.50 Å². The zero-order valence-electron chi connectivity index (χ0n) is 9.50. The van der Waals surface area contributed by atoms with E-state index in [1.165, 1.54) is 12.1 Å². The van der Waals surface area contributed by atoms with Crippen LogP contribution in [0.1, 0.15) is 12.8 Å². The summed E-state index contributed by atoms with van der Waals surface area (Å²) in [7, 11) is 0. The van der Waals surface area contributed by atoms with E-state index in [-0.39, 0.29) is 11.6 Å². The first kappa shape index (κ1) is 12.5. The number of halogens is 2. The average molecular weight is 259 g/mol. The van der Waals surface area contributed by atoms with Crippen LogP contribution in [0.3, 0.4) is 0 Å². The third kappa shape index (κ3) is 2.64. The van der Waals surface area contributed by atoms with Gasteiger partial charge in [0, 0.05) is 25.8 Å². The summed E-state index contributed by atoms with van der Waals surface area (Å²) in [5, 5.41) is 9.11. The Hall–Kier alpha value is -1.00. The van der Waals surface area contributed by atoms with Crippen molar-refractivity contribution in [3.63, 3.8) is 0 Å². The van der Waals surface area contributed by atoms with E-state index in [1.807, 2.05) is 4.90 Å². The van der Waals surface area contributed by atoms with E-state index in [4.69, 9.17) is 22.4 Å². The minimum atomic E-state index is -0.444. The van der Waals surface area contributed by atoms with Gasteiger partial charge in [-0.05, 0) is 24.8 Å². The molecule has 3 N–H and O–H groups in total. The van der Waals surface area contributed by atoms with Gasteiger partial charge in [0.05, 0.1) is 16.4 Å². The SMILES string of the molecule is Nc1cc(Cl)c(F)cc1N1CCC(CO)CC1. The number of rotatable bonds is 2. The molecule has 1 aromatic rings. The van der Waals surface area contributed by atoms with E-state index >= 15 is 0 Å². The lowest BCUT2D eigenvalue weighted by Gasteiger charge is -2.33. The summed E-state index contributed by atoms with van der Waals surface area (Å²) >= 11 is 5.66. The number of anilines is 2. The van der Waals surface area contributed by atoms with Gasteiger partial charge in [-0.25, -0.2) is 4.39 Å². The van der Waals surface area contributed by atoms with E-state index in [0.29, 0.717) is 17.3 Å². The summed E-state index contributed by atoms with van der Waals surface area (Å²) in [4.78, 5) is 2.04. The second kappa shape index (κ2) is 5.10. The number of hydrogen-bond acceptors (Lipinski definition) is 3. The molecule has 0 bridgehead atoms. The van der Waals surface area contributed by atoms with Crippen molar-refractivity contribution in [2.75, 3.05) is 30.3 Å². The molecule has 1 aliphatic heterocycles. The molecule has 0 aromatic heterocycles. The normalized spacial score (nSPS) is 17.5. The molecule has 94 valence electrons. The molecule has 17 heavy (non-hydrogen) atoms. The van der Waals surface area contributed by atoms with Gasteiger partial charge >= 0.3 is 0 Å². The van der Waals surface area contributed by atoms with Crippen molar-refractivity contribution >= 4 is 23.0 Å². The van der Waals surface area contributed by atoms with Gasteiger partial charge in [-0.2, -0.15) is 0 Å². The molecule has 0 radical (unpaired) electrons. The van der Waals surface area contributed by atoms with Crippen LogP contribution in [0.4, 0.5) is 15.8 Å². The molecule has 1 heterocycles. The van der Waals surface area contributed by atoms with Crippen LogP contribution in [0.2, 0.25) is 5.02 Å². The Labute approximate surface area is 105 Å². The maximum Gasteiger partial charge on any atom is 0.144 e. The molecule has 5 heteroatoms. The van der Waals surface area contributed by atoms with E-state index < -0.39 is 5.82 Å². The topological polar surface area (TPSA) is 49.5 Å². The molecule has 0 amide bonds. The zero-order valence-corrected chi connectivity index (χ0v) is 10.3. The van der Waals surface area contributed by atoms with Gasteiger partial charge in [0.1, 0.15) is 5.82 Å². The minimum absolute atomic E-state index is 0.0523. The van der Waals surface area contributed by atoms with E-state index in [9.17, 15) is 4.39 Å². The van der Waals surface area contributed by atoms with Crippen LogP contribution in [0.5, 0.6) is 0 Å². The minimum Gasteiger partial charge on any atom is -0.397 e. The Morgan fingerprint density at radius 3 is 2.65 bits per heavy atom. The highest BCUT2D eigenvalue weighted by molar-refractivity contribution is 6.31. The molecular formula is C12H16ClFN2O. The standard InChI is InChI=1S/C12H16ClFN2O/c13-9-5-11(15)12(6-10(9)14)16-3-1-8(7-17)2-4-16/h5-6,8,17H,1-4,7,15H2. The number of nitrogens with two attached hydrogens (primary N) is 1. The lowest BCUT2D eigenvalue weighted by Crippen LogP contribution is -2.35. The molecule has 0 aliphatic carbocycles. The third-order valence-electron chi connectivity index (χ3n) is 3.28. The summed E-state index contributed by atoms with van der Waals surface area (Å²) in [6.45, 7) is 1.80. The first-order valence-electron chi connectivity index (χ1n) is 5.72. The van der Waals surface area contributed by atoms with Gasteiger partial charge in [0.25, 0.3) is 0 Å². The largest absolute Gasteiger partial charge is 0.397 e. The molecule has 3 nitrogen and oxygen atoms in total. The maximum absolute atomic E-state index is 13.4. The molecule has 1 saturated heterocycles. The average Bonchev–Trinajstić information content (AvgIpc) is 2.34. The van der Waals surface area contributed by atoms with Crippen LogP contribution in [-0.4, -0.2) is 24.8 Å². The van der Waals surface area contributed by atoms with Gasteiger partial charge in [-0.15, -0.1) is 0 Å². The van der Waals surface area contributed by atoms with Crippen LogP contribution >= 0.6 is 11.6 Å². The van der Waals surface area contributed by atoms with Crippen molar-refractivity contribution in [3.8, 4) is 0 Å². The first-order chi connectivity index (χ1) is 8.11. The Bertz CT molecular complexity index is 406. The number of aliphatic hydroxyl groups excluding tert-OH is 1. The predicted octanol–water partition coefficient (Wildman–Crippen LogP) is 2.27. The molecule has 0 unspecified atom stereocenters. The lowest BCUT2D eigenvalue weighted by atomic mass is 9.97. The third-order valence-corrected chi connectivity index (χ3v) is 3.57. The number of benzene rings is 1. The number of nitrogen functional groups attached to an aromatic ring is 1. The van der Waals surface area contributed by atoms with Crippen LogP contribution in [0.25, 0.3) is 0 Å². The van der Waals surface area contributed by atoms with Gasteiger partial charge in [0.15, 0.2) is 0 Å². The summed E-state index contributed by atoms with van der Waals surface area (Å²) in [5.41, 5.74) is 7.04. The van der Waals surface area contributed by atoms with E-state index in [0.717, 1.165) is 25.9 Å². The molecule has 0 saturated carbocycles. The van der Waals surface area contributed by atoms with Crippen LogP contribution in [0, 0.1) is 11.7 Å². The van der Waals surface area contributed by atoms with E-state index in [1.54, 1.807) is 0 Å². The summed E-state index contributed by atoms with van der Waals surface area (Å²) in [6, 6.07) is 2.83. The highest BCUT2D eigenvalue weighted by Gasteiger charge is 2.21. The monoisotopic (exact) mass is 258 g/mol. The quantitative estimate of drug-likeness (QED) is 0.800. The fourth-order valence-corrected chi connectivity index (χ4v) is 2.35. The number of aliphatic hydroxyl groups is 1. The molecule has 0 spiro atoms. The Morgan fingerprint density at radius 2 is 2.06 bits per heavy atom.